The number of hydrogen-bond acceptors (Lipinski definition) is 3. The first-order valence-electron chi connectivity index (χ1n) is 5.01. The van der Waals surface area contributed by atoms with Crippen LogP contribution >= 0.6 is 12.4 Å². The summed E-state index contributed by atoms with van der Waals surface area (Å²) in [5.41, 5.74) is 0. The van der Waals surface area contributed by atoms with Gasteiger partial charge in [0.05, 0.1) is 21.1 Å². The number of halogens is 1. The van der Waals surface area contributed by atoms with E-state index < -0.39 is 0 Å². The fourth-order valence-electron chi connectivity index (χ4n) is 0.896. The van der Waals surface area contributed by atoms with Crippen LogP contribution in [-0.2, 0) is 0 Å². The summed E-state index contributed by atoms with van der Waals surface area (Å²) in [5.74, 6) is -0.162. The maximum Gasteiger partial charge on any atom is 0.109 e. The van der Waals surface area contributed by atoms with Crippen molar-refractivity contribution in [2.45, 2.75) is 26.2 Å². The zero-order valence-corrected chi connectivity index (χ0v) is 10.9. The van der Waals surface area contributed by atoms with Gasteiger partial charge in [0, 0.05) is 12.1 Å². The lowest BCUT2D eigenvalue weighted by Gasteiger charge is -2.25. The van der Waals surface area contributed by atoms with Crippen LogP contribution in [0.1, 0.15) is 26.2 Å². The van der Waals surface area contributed by atoms with Crippen LogP contribution in [0.3, 0.4) is 0 Å². The summed E-state index contributed by atoms with van der Waals surface area (Å²) in [5, 5.41) is 18.5. The molecule has 0 aromatic rings. The van der Waals surface area contributed by atoms with Gasteiger partial charge in [0.1, 0.15) is 6.54 Å². The van der Waals surface area contributed by atoms with Gasteiger partial charge in [-0.15, -0.1) is 12.4 Å². The largest absolute Gasteiger partial charge is 0.857 e. The Morgan fingerprint density at radius 2 is 1.93 bits per heavy atom. The van der Waals surface area contributed by atoms with Gasteiger partial charge in [0.2, 0.25) is 0 Å². The van der Waals surface area contributed by atoms with Crippen molar-refractivity contribution in [3.8, 4) is 0 Å². The summed E-state index contributed by atoms with van der Waals surface area (Å²) in [6, 6.07) is 0. The molecule has 0 aromatic heterocycles. The van der Waals surface area contributed by atoms with E-state index in [4.69, 9.17) is 0 Å². The van der Waals surface area contributed by atoms with E-state index in [1.54, 1.807) is 6.21 Å². The summed E-state index contributed by atoms with van der Waals surface area (Å²) in [7, 11) is 5.86. The Labute approximate surface area is 98.7 Å². The molecule has 0 aliphatic carbocycles. The molecule has 0 fully saturated rings. The van der Waals surface area contributed by atoms with E-state index in [-0.39, 0.29) is 18.3 Å². The lowest BCUT2D eigenvalue weighted by Crippen LogP contribution is -2.43. The van der Waals surface area contributed by atoms with Crippen LogP contribution in [-0.4, -0.2) is 44.3 Å². The molecule has 4 nitrogen and oxygen atoms in total. The van der Waals surface area contributed by atoms with Crippen molar-refractivity contribution in [1.29, 1.82) is 0 Å². The second-order valence-electron chi connectivity index (χ2n) is 4.38. The molecule has 0 aromatic carbocycles. The molecule has 0 saturated heterocycles. The average Bonchev–Trinajstić information content (AvgIpc) is 2.00. The van der Waals surface area contributed by atoms with Crippen LogP contribution < -0.4 is 5.11 Å². The van der Waals surface area contributed by atoms with Crippen molar-refractivity contribution in [3.63, 3.8) is 0 Å². The third-order valence-electron chi connectivity index (χ3n) is 1.55. The van der Waals surface area contributed by atoms with Crippen molar-refractivity contribution in [3.05, 3.63) is 0 Å². The van der Waals surface area contributed by atoms with Crippen molar-refractivity contribution >= 4 is 24.5 Å². The monoisotopic (exact) mass is 235 g/mol. The Kier molecular flexibility index (Phi) is 9.72. The number of nitrogens with zero attached hydrogens (tertiary/aromatic N) is 3. The fourth-order valence-corrected chi connectivity index (χ4v) is 0.896. The highest BCUT2D eigenvalue weighted by Crippen LogP contribution is 1.91. The molecule has 0 saturated carbocycles. The smallest absolute Gasteiger partial charge is 0.109 e. The molecule has 0 aliphatic rings. The first-order chi connectivity index (χ1) is 6.45. The van der Waals surface area contributed by atoms with Gasteiger partial charge in [0.15, 0.2) is 0 Å². The Morgan fingerprint density at radius 3 is 2.40 bits per heavy atom. The standard InChI is InChI=1S/C10H21N3O.ClH/c1-5-6-7-8-11-12-10(14)9-13(2,3)4;/h8H,5-7,9H2,1-4H3;1H. The molecule has 0 rings (SSSR count). The molecular weight excluding hydrogens is 214 g/mol. The molecule has 0 unspecified atom stereocenters. The highest BCUT2D eigenvalue weighted by atomic mass is 35.5. The van der Waals surface area contributed by atoms with Gasteiger partial charge in [-0.05, 0) is 12.8 Å². The number of unbranched alkanes of at least 4 members (excludes halogenated alkanes) is 2. The highest BCUT2D eigenvalue weighted by Gasteiger charge is 2.04. The van der Waals surface area contributed by atoms with Gasteiger partial charge in [-0.1, -0.05) is 13.3 Å². The first kappa shape index (κ1) is 16.8. The van der Waals surface area contributed by atoms with Gasteiger partial charge < -0.3 is 9.59 Å². The summed E-state index contributed by atoms with van der Waals surface area (Å²) in [6.07, 6.45) is 4.84. The van der Waals surface area contributed by atoms with E-state index in [1.807, 2.05) is 21.1 Å². The highest BCUT2D eigenvalue weighted by molar-refractivity contribution is 5.85. The lowest BCUT2D eigenvalue weighted by molar-refractivity contribution is -0.863. The summed E-state index contributed by atoms with van der Waals surface area (Å²) in [4.78, 5) is 0. The lowest BCUT2D eigenvalue weighted by atomic mass is 10.3. The molecule has 0 heterocycles. The third kappa shape index (κ3) is 13.4. The molecule has 15 heavy (non-hydrogen) atoms. The Bertz CT molecular complexity index is 209. The number of rotatable bonds is 6. The molecular formula is C10H22ClN3O. The van der Waals surface area contributed by atoms with Crippen molar-refractivity contribution < 1.29 is 9.59 Å². The van der Waals surface area contributed by atoms with Crippen LogP contribution in [0, 0.1) is 0 Å². The van der Waals surface area contributed by atoms with Gasteiger partial charge in [-0.25, -0.2) is 0 Å². The third-order valence-corrected chi connectivity index (χ3v) is 1.55. The second kappa shape index (κ2) is 8.68. The predicted molar refractivity (Wildman–Crippen MR) is 65.6 cm³/mol. The van der Waals surface area contributed by atoms with Gasteiger partial charge in [0.25, 0.3) is 0 Å². The van der Waals surface area contributed by atoms with Crippen LogP contribution in [0.2, 0.25) is 0 Å². The molecule has 5 heteroatoms. The molecule has 0 amide bonds. The van der Waals surface area contributed by atoms with Gasteiger partial charge in [-0.2, -0.15) is 10.2 Å². The van der Waals surface area contributed by atoms with E-state index >= 15 is 0 Å². The van der Waals surface area contributed by atoms with E-state index in [0.717, 1.165) is 19.3 Å². The minimum absolute atomic E-state index is 0. The number of quaternary nitrogens is 1. The van der Waals surface area contributed by atoms with E-state index in [2.05, 4.69) is 17.1 Å². The zero-order chi connectivity index (χ0) is 11.0. The normalized spacial score (nSPS) is 12.9. The van der Waals surface area contributed by atoms with Gasteiger partial charge >= 0.3 is 0 Å². The topological polar surface area (TPSA) is 47.8 Å². The Balaban J connectivity index is 0. The maximum absolute atomic E-state index is 11.2. The van der Waals surface area contributed by atoms with E-state index in [9.17, 15) is 5.11 Å². The molecule has 0 spiro atoms. The van der Waals surface area contributed by atoms with Gasteiger partial charge in [-0.3, -0.25) is 0 Å². The summed E-state index contributed by atoms with van der Waals surface area (Å²) in [6.45, 7) is 2.51. The van der Waals surface area contributed by atoms with Crippen molar-refractivity contribution in [2.75, 3.05) is 27.7 Å². The zero-order valence-electron chi connectivity index (χ0n) is 10.1. The predicted octanol–water partition coefficient (Wildman–Crippen LogP) is 1.05. The van der Waals surface area contributed by atoms with Crippen LogP contribution in [0.25, 0.3) is 0 Å². The summed E-state index contributed by atoms with van der Waals surface area (Å²) < 4.78 is 0.590. The quantitative estimate of drug-likeness (QED) is 0.223. The minimum atomic E-state index is -0.162. The van der Waals surface area contributed by atoms with Crippen LogP contribution in [0.5, 0.6) is 0 Å². The maximum atomic E-state index is 11.2. The van der Waals surface area contributed by atoms with Crippen LogP contribution in [0.15, 0.2) is 10.2 Å². The Hall–Kier alpha value is -0.610. The minimum Gasteiger partial charge on any atom is -0.857 e. The fraction of sp³-hybridized carbons (Fsp3) is 0.800. The molecule has 0 radical (unpaired) electrons. The first-order valence-corrected chi connectivity index (χ1v) is 5.01. The van der Waals surface area contributed by atoms with E-state index in [1.165, 1.54) is 0 Å². The number of hydrogen-bond donors (Lipinski definition) is 0. The SMILES string of the molecule is CCCCC=NN=C([O-])C[N+](C)(C)C.Cl. The van der Waals surface area contributed by atoms with E-state index in [0.29, 0.717) is 11.0 Å². The molecule has 0 aliphatic heterocycles. The molecule has 0 N–H and O–H groups in total. The molecule has 0 atom stereocenters. The Morgan fingerprint density at radius 1 is 1.33 bits per heavy atom. The second-order valence-corrected chi connectivity index (χ2v) is 4.38. The van der Waals surface area contributed by atoms with Crippen molar-refractivity contribution in [2.24, 2.45) is 10.2 Å². The summed E-state index contributed by atoms with van der Waals surface area (Å²) >= 11 is 0. The average molecular weight is 236 g/mol. The molecule has 90 valence electrons. The molecule has 0 bridgehead atoms. The van der Waals surface area contributed by atoms with Crippen LogP contribution in [0.4, 0.5) is 0 Å². The van der Waals surface area contributed by atoms with Crippen molar-refractivity contribution in [1.82, 2.24) is 0 Å². The number of likely N-dealkylation sites (N-methyl/N-ethyl adjacent to an activating group) is 1.